The zero-order valence-corrected chi connectivity index (χ0v) is 14.8. The van der Waals surface area contributed by atoms with Crippen LogP contribution < -0.4 is 0 Å². The second kappa shape index (κ2) is 7.09. The van der Waals surface area contributed by atoms with Crippen molar-refractivity contribution in [1.29, 1.82) is 0 Å². The lowest BCUT2D eigenvalue weighted by Crippen LogP contribution is -2.60. The zero-order valence-electron chi connectivity index (χ0n) is 14.8. The smallest absolute Gasteiger partial charge is 0.408 e. The summed E-state index contributed by atoms with van der Waals surface area (Å²) >= 11 is 0. The topological polar surface area (TPSA) is 105 Å². The molecule has 2 heterocycles. The molecule has 25 heavy (non-hydrogen) atoms. The number of rotatable bonds is 5. The molecule has 0 aromatic heterocycles. The molecular weight excluding hydrogens is 326 g/mol. The summed E-state index contributed by atoms with van der Waals surface area (Å²) in [7, 11) is 0. The Hall–Kier alpha value is -1.38. The molecule has 1 aliphatic carbocycles. The van der Waals surface area contributed by atoms with E-state index in [1.165, 1.54) is 0 Å². The van der Waals surface area contributed by atoms with E-state index in [9.17, 15) is 19.8 Å². The highest BCUT2D eigenvalue weighted by atomic mass is 16.4. The van der Waals surface area contributed by atoms with E-state index in [0.717, 1.165) is 37.3 Å². The molecule has 2 amide bonds. The number of piperidine rings is 1. The van der Waals surface area contributed by atoms with Gasteiger partial charge in [0.25, 0.3) is 0 Å². The van der Waals surface area contributed by atoms with E-state index >= 15 is 0 Å². The normalized spacial score (nSPS) is 30.6. The van der Waals surface area contributed by atoms with Gasteiger partial charge < -0.3 is 25.1 Å². The first-order valence-electron chi connectivity index (χ1n) is 9.19. The van der Waals surface area contributed by atoms with Crippen molar-refractivity contribution in [3.05, 3.63) is 0 Å². The van der Waals surface area contributed by atoms with Crippen molar-refractivity contribution < 1.29 is 24.9 Å². The van der Waals surface area contributed by atoms with Gasteiger partial charge in [-0.2, -0.15) is 0 Å². The number of hydrogen-bond acceptors (Lipinski definition) is 5. The largest absolute Gasteiger partial charge is 0.465 e. The lowest BCUT2D eigenvalue weighted by atomic mass is 9.90. The number of hydrogen-bond donors (Lipinski definition) is 3. The average Bonchev–Trinajstić information content (AvgIpc) is 3.36. The second-order valence-corrected chi connectivity index (χ2v) is 7.74. The Bertz CT molecular complexity index is 524. The molecule has 8 heteroatoms. The predicted molar refractivity (Wildman–Crippen MR) is 90.1 cm³/mol. The molecule has 0 radical (unpaired) electrons. The van der Waals surface area contributed by atoms with Crippen molar-refractivity contribution in [3.63, 3.8) is 0 Å². The van der Waals surface area contributed by atoms with Crippen molar-refractivity contribution in [2.24, 2.45) is 5.41 Å². The number of β-amino-alcohol motifs (C(OH)–C–C–N with tert-alkyl or cyclic N) is 1. The van der Waals surface area contributed by atoms with Crippen LogP contribution >= 0.6 is 0 Å². The molecule has 0 aromatic carbocycles. The summed E-state index contributed by atoms with van der Waals surface area (Å²) in [6, 6.07) is -1.02. The maximum atomic E-state index is 12.5. The zero-order chi connectivity index (χ0) is 18.2. The molecule has 1 spiro atoms. The van der Waals surface area contributed by atoms with Crippen molar-refractivity contribution in [1.82, 2.24) is 14.7 Å². The third kappa shape index (κ3) is 3.61. The molecule has 2 aliphatic heterocycles. The van der Waals surface area contributed by atoms with Crippen molar-refractivity contribution in [2.45, 2.75) is 50.8 Å². The Morgan fingerprint density at radius 2 is 2.00 bits per heavy atom. The van der Waals surface area contributed by atoms with Gasteiger partial charge in [-0.05, 0) is 44.6 Å². The molecule has 3 atom stereocenters. The lowest BCUT2D eigenvalue weighted by Gasteiger charge is -2.42. The van der Waals surface area contributed by atoms with Gasteiger partial charge in [0, 0.05) is 26.2 Å². The summed E-state index contributed by atoms with van der Waals surface area (Å²) in [5.74, 6) is -0.247. The highest BCUT2D eigenvalue weighted by Gasteiger charge is 2.51. The van der Waals surface area contributed by atoms with E-state index in [4.69, 9.17) is 5.11 Å². The summed E-state index contributed by atoms with van der Waals surface area (Å²) in [6.07, 6.45) is 2.54. The average molecular weight is 355 g/mol. The number of carboxylic acid groups (broad SMARTS) is 1. The number of piperazine rings is 1. The van der Waals surface area contributed by atoms with Gasteiger partial charge in [-0.15, -0.1) is 0 Å². The highest BCUT2D eigenvalue weighted by Crippen LogP contribution is 2.53. The number of carbonyl (C=O) groups excluding carboxylic acids is 1. The molecule has 1 saturated carbocycles. The fourth-order valence-electron chi connectivity index (χ4n) is 4.22. The van der Waals surface area contributed by atoms with E-state index < -0.39 is 12.1 Å². The molecule has 8 nitrogen and oxygen atoms in total. The Kier molecular flexibility index (Phi) is 5.22. The number of aliphatic hydroxyl groups is 2. The number of nitrogens with zero attached hydrogens (tertiary/aromatic N) is 3. The first kappa shape index (κ1) is 18.4. The SMILES string of the molecule is CC1C(=O)N([C@H](CO)CCN2CCC3(CC3)C(O)C2)CCN1C(=O)O. The summed E-state index contributed by atoms with van der Waals surface area (Å²) < 4.78 is 0. The van der Waals surface area contributed by atoms with Crippen molar-refractivity contribution in [3.8, 4) is 0 Å². The third-order valence-corrected chi connectivity index (χ3v) is 6.32. The maximum Gasteiger partial charge on any atom is 0.408 e. The van der Waals surface area contributed by atoms with Crippen LogP contribution in [0.2, 0.25) is 0 Å². The Morgan fingerprint density at radius 3 is 2.56 bits per heavy atom. The van der Waals surface area contributed by atoms with Crippen molar-refractivity contribution in [2.75, 3.05) is 39.3 Å². The fraction of sp³-hybridized carbons (Fsp3) is 0.882. The molecule has 0 bridgehead atoms. The molecule has 3 rings (SSSR count). The minimum Gasteiger partial charge on any atom is -0.465 e. The van der Waals surface area contributed by atoms with Crippen LogP contribution in [-0.4, -0.2) is 99.5 Å². The van der Waals surface area contributed by atoms with Gasteiger partial charge in [0.2, 0.25) is 5.91 Å². The molecule has 2 saturated heterocycles. The summed E-state index contributed by atoms with van der Waals surface area (Å²) in [5.41, 5.74) is 0.172. The first-order chi connectivity index (χ1) is 11.9. The number of likely N-dealkylation sites (tertiary alicyclic amines) is 1. The van der Waals surface area contributed by atoms with E-state index in [-0.39, 0.29) is 36.6 Å². The Morgan fingerprint density at radius 1 is 1.28 bits per heavy atom. The first-order valence-corrected chi connectivity index (χ1v) is 9.19. The number of amides is 2. The van der Waals surface area contributed by atoms with Crippen LogP contribution in [-0.2, 0) is 4.79 Å². The van der Waals surface area contributed by atoms with Crippen LogP contribution in [0.1, 0.15) is 32.6 Å². The van der Waals surface area contributed by atoms with Gasteiger partial charge in [-0.1, -0.05) is 0 Å². The highest BCUT2D eigenvalue weighted by molar-refractivity contribution is 5.86. The second-order valence-electron chi connectivity index (χ2n) is 7.74. The third-order valence-electron chi connectivity index (χ3n) is 6.32. The van der Waals surface area contributed by atoms with E-state index in [1.807, 2.05) is 0 Å². The molecular formula is C17H29N3O5. The number of aliphatic hydroxyl groups excluding tert-OH is 2. The molecule has 2 unspecified atom stereocenters. The van der Waals surface area contributed by atoms with E-state index in [1.54, 1.807) is 11.8 Å². The van der Waals surface area contributed by atoms with Crippen LogP contribution in [0.5, 0.6) is 0 Å². The maximum absolute atomic E-state index is 12.5. The van der Waals surface area contributed by atoms with Gasteiger partial charge in [-0.3, -0.25) is 9.69 Å². The fourth-order valence-corrected chi connectivity index (χ4v) is 4.22. The quantitative estimate of drug-likeness (QED) is 0.631. The molecule has 3 fully saturated rings. The van der Waals surface area contributed by atoms with Gasteiger partial charge in [0.05, 0.1) is 18.8 Å². The minimum atomic E-state index is -1.09. The molecule has 3 N–H and O–H groups in total. The minimum absolute atomic E-state index is 0.133. The van der Waals surface area contributed by atoms with Crippen LogP contribution in [0, 0.1) is 5.41 Å². The molecule has 0 aromatic rings. The van der Waals surface area contributed by atoms with Crippen molar-refractivity contribution >= 4 is 12.0 Å². The Balaban J connectivity index is 1.52. The predicted octanol–water partition coefficient (Wildman–Crippen LogP) is -0.205. The lowest BCUT2D eigenvalue weighted by molar-refractivity contribution is -0.144. The van der Waals surface area contributed by atoms with Gasteiger partial charge >= 0.3 is 6.09 Å². The monoisotopic (exact) mass is 355 g/mol. The molecule has 142 valence electrons. The van der Waals surface area contributed by atoms with Gasteiger partial charge in [0.15, 0.2) is 0 Å². The standard InChI is InChI=1S/C17H29N3O5/c1-12-15(23)20(9-8-19(12)16(24)25)13(11-21)2-6-18-7-5-17(3-4-17)14(22)10-18/h12-14,21-22H,2-11H2,1H3,(H,24,25)/t12?,13-,14?/m0/s1. The molecule has 3 aliphatic rings. The van der Waals surface area contributed by atoms with Crippen LogP contribution in [0.15, 0.2) is 0 Å². The van der Waals surface area contributed by atoms with Crippen LogP contribution in [0.4, 0.5) is 4.79 Å². The van der Waals surface area contributed by atoms with Crippen LogP contribution in [0.25, 0.3) is 0 Å². The van der Waals surface area contributed by atoms with Crippen LogP contribution in [0.3, 0.4) is 0 Å². The number of carbonyl (C=O) groups is 2. The van der Waals surface area contributed by atoms with E-state index in [0.29, 0.717) is 19.5 Å². The summed E-state index contributed by atoms with van der Waals surface area (Å²) in [5, 5.41) is 29.2. The van der Waals surface area contributed by atoms with Gasteiger partial charge in [-0.25, -0.2) is 4.79 Å². The summed E-state index contributed by atoms with van der Waals surface area (Å²) in [4.78, 5) is 28.6. The summed E-state index contributed by atoms with van der Waals surface area (Å²) in [6.45, 7) is 4.37. The Labute approximate surface area is 148 Å². The van der Waals surface area contributed by atoms with Gasteiger partial charge in [0.1, 0.15) is 6.04 Å². The van der Waals surface area contributed by atoms with E-state index in [2.05, 4.69) is 4.90 Å².